The van der Waals surface area contributed by atoms with Crippen LogP contribution in [0.25, 0.3) is 10.9 Å². The summed E-state index contributed by atoms with van der Waals surface area (Å²) < 4.78 is 6.76. The van der Waals surface area contributed by atoms with E-state index in [4.69, 9.17) is 4.74 Å². The van der Waals surface area contributed by atoms with Gasteiger partial charge in [-0.05, 0) is 56.1 Å². The van der Waals surface area contributed by atoms with Crippen molar-refractivity contribution in [2.24, 2.45) is 0 Å². The molecule has 1 fully saturated rings. The lowest BCUT2D eigenvalue weighted by atomic mass is 9.49. The first kappa shape index (κ1) is 15.6. The number of ether oxygens (including phenoxy) is 1. The lowest BCUT2D eigenvalue weighted by Crippen LogP contribution is -2.73. The summed E-state index contributed by atoms with van der Waals surface area (Å²) in [6, 6.07) is 13.1. The third-order valence-electron chi connectivity index (χ3n) is 8.25. The zero-order valence-corrected chi connectivity index (χ0v) is 16.2. The average molecular weight is 372 g/mol. The van der Waals surface area contributed by atoms with Crippen molar-refractivity contribution in [1.82, 2.24) is 9.88 Å². The van der Waals surface area contributed by atoms with Crippen LogP contribution in [0.2, 0.25) is 0 Å². The highest BCUT2D eigenvalue weighted by molar-refractivity contribution is 5.86. The Hall–Kier alpha value is -2.30. The van der Waals surface area contributed by atoms with E-state index >= 15 is 0 Å². The quantitative estimate of drug-likeness (QED) is 0.636. The van der Waals surface area contributed by atoms with Crippen LogP contribution in [0.15, 0.2) is 36.4 Å². The van der Waals surface area contributed by atoms with Crippen molar-refractivity contribution in [3.8, 4) is 5.75 Å². The largest absolute Gasteiger partial charge is 0.483 e. The smallest absolute Gasteiger partial charge is 0.151 e. The van der Waals surface area contributed by atoms with E-state index in [0.29, 0.717) is 6.42 Å². The number of likely N-dealkylation sites (N-methyl/N-ethyl adjacent to an activating group) is 1. The first-order valence-corrected chi connectivity index (χ1v) is 10.4. The molecule has 4 heteroatoms. The number of likely N-dealkylation sites (tertiary alicyclic amines) is 1. The molecular weight excluding hydrogens is 348 g/mol. The molecule has 2 aliphatic heterocycles. The number of nitrogens with one attached hydrogen (secondary N) is 1. The van der Waals surface area contributed by atoms with Crippen LogP contribution in [0.5, 0.6) is 5.75 Å². The van der Waals surface area contributed by atoms with Gasteiger partial charge in [0.05, 0.1) is 16.7 Å². The van der Waals surface area contributed by atoms with E-state index in [2.05, 4.69) is 60.3 Å². The summed E-state index contributed by atoms with van der Waals surface area (Å²) in [5.74, 6) is 1.02. The normalized spacial score (nSPS) is 34.8. The number of aliphatic hydroxyl groups is 1. The van der Waals surface area contributed by atoms with Gasteiger partial charge in [-0.2, -0.15) is 0 Å². The van der Waals surface area contributed by atoms with E-state index in [0.717, 1.165) is 30.7 Å². The molecule has 2 bridgehead atoms. The van der Waals surface area contributed by atoms with Crippen molar-refractivity contribution in [3.05, 3.63) is 64.3 Å². The maximum atomic E-state index is 12.5. The fourth-order valence-electron chi connectivity index (χ4n) is 6.99. The van der Waals surface area contributed by atoms with Gasteiger partial charge >= 0.3 is 0 Å². The second kappa shape index (κ2) is 4.64. The fraction of sp³-hybridized carbons (Fsp3) is 0.417. The number of hydrogen-bond donors (Lipinski definition) is 2. The van der Waals surface area contributed by atoms with Crippen molar-refractivity contribution >= 4 is 10.9 Å². The molecular formula is C24H24N2O2. The molecule has 0 saturated carbocycles. The Morgan fingerprint density at radius 3 is 2.96 bits per heavy atom. The number of nitrogens with zero attached hydrogens (tertiary/aromatic N) is 1. The van der Waals surface area contributed by atoms with Crippen LogP contribution in [0, 0.1) is 6.92 Å². The lowest BCUT2D eigenvalue weighted by Gasteiger charge is -2.62. The monoisotopic (exact) mass is 372 g/mol. The highest BCUT2D eigenvalue weighted by atomic mass is 16.5. The number of aromatic amines is 1. The van der Waals surface area contributed by atoms with Gasteiger partial charge in [0, 0.05) is 28.9 Å². The van der Waals surface area contributed by atoms with Crippen molar-refractivity contribution in [1.29, 1.82) is 0 Å². The number of benzene rings is 2. The Morgan fingerprint density at radius 1 is 1.21 bits per heavy atom. The minimum Gasteiger partial charge on any atom is -0.483 e. The minimum atomic E-state index is -0.811. The Bertz CT molecular complexity index is 1180. The molecule has 4 atom stereocenters. The second-order valence-electron chi connectivity index (χ2n) is 9.33. The Kier molecular flexibility index (Phi) is 2.58. The molecule has 142 valence electrons. The molecule has 0 radical (unpaired) electrons. The van der Waals surface area contributed by atoms with Crippen LogP contribution >= 0.6 is 0 Å². The zero-order valence-electron chi connectivity index (χ0n) is 16.2. The number of aryl methyl sites for hydroxylation is 1. The Morgan fingerprint density at radius 2 is 2.07 bits per heavy atom. The van der Waals surface area contributed by atoms with E-state index in [9.17, 15) is 5.11 Å². The first-order chi connectivity index (χ1) is 13.5. The zero-order chi connectivity index (χ0) is 18.8. The number of H-pyrrole nitrogens is 1. The number of para-hydroxylation sites is 1. The second-order valence-corrected chi connectivity index (χ2v) is 9.33. The van der Waals surface area contributed by atoms with Gasteiger partial charge in [0.25, 0.3) is 0 Å². The molecule has 3 aromatic rings. The van der Waals surface area contributed by atoms with E-state index in [1.165, 1.54) is 33.3 Å². The van der Waals surface area contributed by atoms with E-state index in [1.54, 1.807) is 0 Å². The van der Waals surface area contributed by atoms with E-state index in [-0.39, 0.29) is 17.6 Å². The SMILES string of the molecule is Cc1ccc2c3c1O[C@H]1c4[nH]c5ccccc5c4C[C@@]4(O)C(C2)N(C)CC[C@]314. The van der Waals surface area contributed by atoms with Gasteiger partial charge in [0.1, 0.15) is 5.75 Å². The number of hydrogen-bond acceptors (Lipinski definition) is 3. The minimum absolute atomic E-state index is 0.121. The van der Waals surface area contributed by atoms with Gasteiger partial charge in [0.2, 0.25) is 0 Å². The highest BCUT2D eigenvalue weighted by Gasteiger charge is 2.72. The standard InChI is InChI=1S/C24H24N2O2/c1-13-7-8-14-11-18-24(27)12-16-15-5-3-4-6-17(15)25-20(16)22-23(24,9-10-26(18)2)19(14)21(13)28-22/h3-8,18,22,25,27H,9-12H2,1-2H3/t18?,22-,23-,24+/m0/s1. The predicted molar refractivity (Wildman–Crippen MR) is 108 cm³/mol. The summed E-state index contributed by atoms with van der Waals surface area (Å²) in [5, 5.41) is 13.7. The average Bonchev–Trinajstić information content (AvgIpc) is 3.22. The molecule has 2 N–H and O–H groups in total. The summed E-state index contributed by atoms with van der Waals surface area (Å²) in [5.41, 5.74) is 6.25. The van der Waals surface area contributed by atoms with Crippen molar-refractivity contribution in [2.45, 2.75) is 49.3 Å². The van der Waals surface area contributed by atoms with E-state index in [1.807, 2.05) is 0 Å². The molecule has 1 unspecified atom stereocenters. The topological polar surface area (TPSA) is 48.5 Å². The van der Waals surface area contributed by atoms with Crippen LogP contribution < -0.4 is 4.74 Å². The molecule has 2 aliphatic carbocycles. The Balaban J connectivity index is 1.62. The summed E-state index contributed by atoms with van der Waals surface area (Å²) >= 11 is 0. The molecule has 4 nitrogen and oxygen atoms in total. The summed E-state index contributed by atoms with van der Waals surface area (Å²) in [7, 11) is 2.17. The number of fused-ring (bicyclic) bond motifs is 4. The van der Waals surface area contributed by atoms with Crippen molar-refractivity contribution < 1.29 is 9.84 Å². The van der Waals surface area contributed by atoms with Gasteiger partial charge in [-0.15, -0.1) is 0 Å². The van der Waals surface area contributed by atoms with Gasteiger partial charge in [-0.25, -0.2) is 0 Å². The molecule has 1 saturated heterocycles. The van der Waals surface area contributed by atoms with Crippen molar-refractivity contribution in [2.75, 3.05) is 13.6 Å². The first-order valence-electron chi connectivity index (χ1n) is 10.4. The third kappa shape index (κ3) is 1.45. The number of piperidine rings is 1. The number of rotatable bonds is 0. The van der Waals surface area contributed by atoms with E-state index < -0.39 is 5.60 Å². The van der Waals surface area contributed by atoms with Gasteiger partial charge in [-0.3, -0.25) is 0 Å². The predicted octanol–water partition coefficient (Wildman–Crippen LogP) is 3.40. The highest BCUT2D eigenvalue weighted by Crippen LogP contribution is 2.67. The third-order valence-corrected chi connectivity index (χ3v) is 8.25. The van der Waals surface area contributed by atoms with Gasteiger partial charge < -0.3 is 19.7 Å². The summed E-state index contributed by atoms with van der Waals surface area (Å²) in [6.07, 6.45) is 2.37. The summed E-state index contributed by atoms with van der Waals surface area (Å²) in [6.45, 7) is 3.13. The number of aromatic nitrogens is 1. The molecule has 4 aliphatic rings. The molecule has 0 amide bonds. The van der Waals surface area contributed by atoms with Crippen LogP contribution in [-0.2, 0) is 18.3 Å². The van der Waals surface area contributed by atoms with Crippen molar-refractivity contribution in [3.63, 3.8) is 0 Å². The molecule has 1 aromatic heterocycles. The maximum Gasteiger partial charge on any atom is 0.151 e. The van der Waals surface area contributed by atoms with Crippen LogP contribution in [0.3, 0.4) is 0 Å². The molecule has 2 aromatic carbocycles. The van der Waals surface area contributed by atoms with Crippen LogP contribution in [0.4, 0.5) is 0 Å². The van der Waals surface area contributed by atoms with Crippen LogP contribution in [-0.4, -0.2) is 40.2 Å². The fourth-order valence-corrected chi connectivity index (χ4v) is 6.99. The van der Waals surface area contributed by atoms with Crippen LogP contribution in [0.1, 0.15) is 40.5 Å². The summed E-state index contributed by atoms with van der Waals surface area (Å²) in [4.78, 5) is 6.06. The molecule has 7 rings (SSSR count). The Labute approximate surface area is 164 Å². The van der Waals surface area contributed by atoms with Gasteiger partial charge in [0.15, 0.2) is 6.10 Å². The lowest BCUT2D eigenvalue weighted by molar-refractivity contribution is -0.167. The molecule has 1 spiro atoms. The molecule has 3 heterocycles. The maximum absolute atomic E-state index is 12.5. The molecule has 28 heavy (non-hydrogen) atoms. The van der Waals surface area contributed by atoms with Gasteiger partial charge in [-0.1, -0.05) is 30.3 Å².